The summed E-state index contributed by atoms with van der Waals surface area (Å²) < 4.78 is 5.51. The number of carbonyl (C=O) groups excluding carboxylic acids is 1. The van der Waals surface area contributed by atoms with E-state index in [0.717, 1.165) is 5.56 Å². The Morgan fingerprint density at radius 3 is 2.59 bits per heavy atom. The van der Waals surface area contributed by atoms with E-state index in [1.54, 1.807) is 17.0 Å². The lowest BCUT2D eigenvalue weighted by Gasteiger charge is -2.40. The number of morpholine rings is 1. The minimum atomic E-state index is -1.03. The molecule has 1 aliphatic heterocycles. The molecule has 2 rings (SSSR count). The van der Waals surface area contributed by atoms with Gasteiger partial charge in [-0.3, -0.25) is 9.59 Å². The Bertz CT molecular complexity index is 544. The van der Waals surface area contributed by atoms with Crippen molar-refractivity contribution < 1.29 is 19.4 Å². The van der Waals surface area contributed by atoms with Gasteiger partial charge < -0.3 is 14.7 Å². The van der Waals surface area contributed by atoms with Crippen molar-refractivity contribution in [2.45, 2.75) is 32.4 Å². The monoisotopic (exact) mass is 325 g/mol. The Balaban J connectivity index is 2.24. The minimum Gasteiger partial charge on any atom is -0.481 e. The third-order valence-electron chi connectivity index (χ3n) is 3.57. The number of nitrogens with zero attached hydrogens (tertiary/aromatic N) is 1. The predicted octanol–water partition coefficient (Wildman–Crippen LogP) is 2.74. The Morgan fingerprint density at radius 2 is 2.05 bits per heavy atom. The van der Waals surface area contributed by atoms with Crippen LogP contribution in [0.2, 0.25) is 5.02 Å². The first-order chi connectivity index (χ1) is 10.4. The maximum atomic E-state index is 12.6. The molecule has 1 heterocycles. The molecule has 0 radical (unpaired) electrons. The summed E-state index contributed by atoms with van der Waals surface area (Å²) in [5, 5.41) is 9.53. The van der Waals surface area contributed by atoms with Crippen molar-refractivity contribution in [2.75, 3.05) is 13.2 Å². The molecule has 1 saturated heterocycles. The second kappa shape index (κ2) is 7.11. The van der Waals surface area contributed by atoms with E-state index in [9.17, 15) is 9.59 Å². The van der Waals surface area contributed by atoms with Crippen molar-refractivity contribution in [1.82, 2.24) is 4.90 Å². The molecule has 0 aliphatic carbocycles. The molecule has 1 amide bonds. The molecule has 2 unspecified atom stereocenters. The number of carbonyl (C=O) groups is 2. The normalized spacial score (nSPS) is 22.2. The lowest BCUT2D eigenvalue weighted by Crippen LogP contribution is -2.51. The van der Waals surface area contributed by atoms with Crippen LogP contribution in [0.1, 0.15) is 31.9 Å². The van der Waals surface area contributed by atoms with Crippen molar-refractivity contribution in [2.24, 2.45) is 5.92 Å². The number of aliphatic carboxylic acids is 1. The quantitative estimate of drug-likeness (QED) is 0.904. The fourth-order valence-corrected chi connectivity index (χ4v) is 2.71. The Labute approximate surface area is 134 Å². The van der Waals surface area contributed by atoms with Gasteiger partial charge in [-0.05, 0) is 23.6 Å². The van der Waals surface area contributed by atoms with Gasteiger partial charge in [0.1, 0.15) is 6.10 Å². The smallest absolute Gasteiger partial charge is 0.306 e. The van der Waals surface area contributed by atoms with Gasteiger partial charge in [0.15, 0.2) is 0 Å². The molecule has 6 heteroatoms. The Morgan fingerprint density at radius 1 is 1.41 bits per heavy atom. The molecule has 5 nitrogen and oxygen atoms in total. The van der Waals surface area contributed by atoms with E-state index in [1.165, 1.54) is 0 Å². The van der Waals surface area contributed by atoms with Gasteiger partial charge in [-0.2, -0.15) is 0 Å². The van der Waals surface area contributed by atoms with E-state index in [-0.39, 0.29) is 30.9 Å². The SMILES string of the molecule is CC(C)CN1C(=O)C(CC(=O)O)OCC1c1ccc(Cl)cc1. The molecule has 120 valence electrons. The number of amides is 1. The van der Waals surface area contributed by atoms with Crippen LogP contribution in [0, 0.1) is 5.92 Å². The highest BCUT2D eigenvalue weighted by molar-refractivity contribution is 6.30. The predicted molar refractivity (Wildman–Crippen MR) is 82.7 cm³/mol. The van der Waals surface area contributed by atoms with Crippen molar-refractivity contribution >= 4 is 23.5 Å². The van der Waals surface area contributed by atoms with Gasteiger partial charge in [-0.1, -0.05) is 37.6 Å². The van der Waals surface area contributed by atoms with Crippen LogP contribution in [-0.4, -0.2) is 41.1 Å². The zero-order valence-corrected chi connectivity index (χ0v) is 13.4. The molecule has 1 fully saturated rings. The zero-order chi connectivity index (χ0) is 16.3. The second-order valence-corrected chi connectivity index (χ2v) is 6.31. The molecule has 0 saturated carbocycles. The Hall–Kier alpha value is -1.59. The molecular weight excluding hydrogens is 306 g/mol. The number of ether oxygens (including phenoxy) is 1. The highest BCUT2D eigenvalue weighted by atomic mass is 35.5. The van der Waals surface area contributed by atoms with Crippen molar-refractivity contribution in [3.63, 3.8) is 0 Å². The standard InChI is InChI=1S/C16H20ClNO4/c1-10(2)8-18-13(11-3-5-12(17)6-4-11)9-22-14(16(18)21)7-15(19)20/h3-6,10,13-14H,7-9H2,1-2H3,(H,19,20). The molecule has 0 bridgehead atoms. The van der Waals surface area contributed by atoms with E-state index in [0.29, 0.717) is 11.6 Å². The highest BCUT2D eigenvalue weighted by Gasteiger charge is 2.38. The van der Waals surface area contributed by atoms with E-state index >= 15 is 0 Å². The summed E-state index contributed by atoms with van der Waals surface area (Å²) in [5.41, 5.74) is 0.937. The first kappa shape index (κ1) is 16.8. The number of benzene rings is 1. The van der Waals surface area contributed by atoms with Crippen LogP contribution in [-0.2, 0) is 14.3 Å². The van der Waals surface area contributed by atoms with Crippen LogP contribution in [0.4, 0.5) is 0 Å². The summed E-state index contributed by atoms with van der Waals surface area (Å²) >= 11 is 5.90. The van der Waals surface area contributed by atoms with Crippen LogP contribution in [0.15, 0.2) is 24.3 Å². The van der Waals surface area contributed by atoms with Gasteiger partial charge in [-0.25, -0.2) is 0 Å². The molecule has 0 aromatic heterocycles. The number of halogens is 1. The maximum absolute atomic E-state index is 12.6. The van der Waals surface area contributed by atoms with Gasteiger partial charge in [0.2, 0.25) is 0 Å². The van der Waals surface area contributed by atoms with Crippen molar-refractivity contribution in [1.29, 1.82) is 0 Å². The van der Waals surface area contributed by atoms with Crippen LogP contribution in [0.25, 0.3) is 0 Å². The second-order valence-electron chi connectivity index (χ2n) is 5.87. The lowest BCUT2D eigenvalue weighted by atomic mass is 10.0. The maximum Gasteiger partial charge on any atom is 0.306 e. The molecule has 1 aromatic carbocycles. The summed E-state index contributed by atoms with van der Waals surface area (Å²) in [4.78, 5) is 25.2. The van der Waals surface area contributed by atoms with Crippen molar-refractivity contribution in [3.05, 3.63) is 34.9 Å². The number of carboxylic acid groups (broad SMARTS) is 1. The van der Waals surface area contributed by atoms with Gasteiger partial charge in [0.25, 0.3) is 5.91 Å². The average Bonchev–Trinajstić information content (AvgIpc) is 2.44. The van der Waals surface area contributed by atoms with Gasteiger partial charge in [0, 0.05) is 11.6 Å². The third kappa shape index (κ3) is 3.99. The molecular formula is C16H20ClNO4. The minimum absolute atomic E-state index is 0.211. The van der Waals surface area contributed by atoms with Crippen LogP contribution < -0.4 is 0 Å². The van der Waals surface area contributed by atoms with E-state index < -0.39 is 12.1 Å². The summed E-state index contributed by atoms with van der Waals surface area (Å²) in [6.45, 7) is 4.89. The van der Waals surface area contributed by atoms with E-state index in [1.807, 2.05) is 26.0 Å². The number of hydrogen-bond donors (Lipinski definition) is 1. The summed E-state index contributed by atoms with van der Waals surface area (Å²) in [5.74, 6) is -1.02. The molecule has 22 heavy (non-hydrogen) atoms. The summed E-state index contributed by atoms with van der Waals surface area (Å²) in [6, 6.07) is 7.08. The molecule has 1 aromatic rings. The number of carboxylic acids is 1. The first-order valence-corrected chi connectivity index (χ1v) is 7.65. The van der Waals surface area contributed by atoms with Crippen LogP contribution in [0.5, 0.6) is 0 Å². The van der Waals surface area contributed by atoms with Gasteiger partial charge >= 0.3 is 5.97 Å². The fourth-order valence-electron chi connectivity index (χ4n) is 2.58. The van der Waals surface area contributed by atoms with E-state index in [2.05, 4.69) is 0 Å². The average molecular weight is 326 g/mol. The molecule has 1 aliphatic rings. The first-order valence-electron chi connectivity index (χ1n) is 7.27. The topological polar surface area (TPSA) is 66.8 Å². The zero-order valence-electron chi connectivity index (χ0n) is 12.7. The van der Waals surface area contributed by atoms with Gasteiger partial charge in [-0.15, -0.1) is 0 Å². The highest BCUT2D eigenvalue weighted by Crippen LogP contribution is 2.29. The van der Waals surface area contributed by atoms with Crippen LogP contribution in [0.3, 0.4) is 0 Å². The summed E-state index contributed by atoms with van der Waals surface area (Å²) in [6.07, 6.45) is -1.21. The Kier molecular flexibility index (Phi) is 5.42. The molecule has 1 N–H and O–H groups in total. The molecule has 0 spiro atoms. The van der Waals surface area contributed by atoms with Gasteiger partial charge in [0.05, 0.1) is 19.1 Å². The van der Waals surface area contributed by atoms with Crippen LogP contribution >= 0.6 is 11.6 Å². The number of rotatable bonds is 5. The fraction of sp³-hybridized carbons (Fsp3) is 0.500. The third-order valence-corrected chi connectivity index (χ3v) is 3.82. The number of hydrogen-bond acceptors (Lipinski definition) is 3. The summed E-state index contributed by atoms with van der Waals surface area (Å²) in [7, 11) is 0. The van der Waals surface area contributed by atoms with Crippen molar-refractivity contribution in [3.8, 4) is 0 Å². The molecule has 2 atom stereocenters. The van der Waals surface area contributed by atoms with E-state index in [4.69, 9.17) is 21.4 Å². The largest absolute Gasteiger partial charge is 0.481 e. The lowest BCUT2D eigenvalue weighted by molar-refractivity contribution is -0.166.